The second-order valence-electron chi connectivity index (χ2n) is 8.62. The highest BCUT2D eigenvalue weighted by molar-refractivity contribution is 6.07. The van der Waals surface area contributed by atoms with E-state index < -0.39 is 17.2 Å². The molecule has 1 heterocycles. The number of rotatable bonds is 5. The van der Waals surface area contributed by atoms with Crippen molar-refractivity contribution in [3.8, 4) is 0 Å². The highest BCUT2D eigenvalue weighted by atomic mass is 16.6. The molecule has 148 valence electrons. The van der Waals surface area contributed by atoms with Crippen LogP contribution in [0.3, 0.4) is 0 Å². The first-order chi connectivity index (χ1) is 12.4. The smallest absolute Gasteiger partial charge is 0.412 e. The molecular weight excluding hydrogens is 344 g/mol. The zero-order valence-electron chi connectivity index (χ0n) is 17.0. The second-order valence-corrected chi connectivity index (χ2v) is 8.62. The quantitative estimate of drug-likeness (QED) is 0.732. The maximum absolute atomic E-state index is 12.8. The molecule has 0 saturated carbocycles. The van der Waals surface area contributed by atoms with E-state index in [0.717, 1.165) is 5.56 Å². The zero-order chi connectivity index (χ0) is 20.4. The van der Waals surface area contributed by atoms with Gasteiger partial charge in [-0.2, -0.15) is 0 Å². The summed E-state index contributed by atoms with van der Waals surface area (Å²) in [5.74, 6) is 0.383. The molecule has 1 atom stereocenters. The van der Waals surface area contributed by atoms with Gasteiger partial charge in [-0.05, 0) is 57.7 Å². The van der Waals surface area contributed by atoms with E-state index in [0.29, 0.717) is 24.6 Å². The Bertz CT molecular complexity index is 722. The average Bonchev–Trinajstić information content (AvgIpc) is 2.69. The van der Waals surface area contributed by atoms with Crippen molar-refractivity contribution in [3.63, 3.8) is 0 Å². The maximum Gasteiger partial charge on any atom is 0.412 e. The third kappa shape index (κ3) is 5.45. The van der Waals surface area contributed by atoms with Crippen molar-refractivity contribution in [2.45, 2.75) is 65.6 Å². The summed E-state index contributed by atoms with van der Waals surface area (Å²) in [6.45, 7) is 11.7. The van der Waals surface area contributed by atoms with Crippen LogP contribution in [0.25, 0.3) is 0 Å². The lowest BCUT2D eigenvalue weighted by Crippen LogP contribution is -2.44. The van der Waals surface area contributed by atoms with Crippen LogP contribution >= 0.6 is 0 Å². The average molecular weight is 374 g/mol. The Morgan fingerprint density at radius 2 is 1.89 bits per heavy atom. The van der Waals surface area contributed by atoms with Crippen molar-refractivity contribution < 1.29 is 14.3 Å². The Morgan fingerprint density at radius 3 is 2.41 bits per heavy atom. The van der Waals surface area contributed by atoms with Gasteiger partial charge in [-0.15, -0.1) is 0 Å². The van der Waals surface area contributed by atoms with Crippen LogP contribution in [0.2, 0.25) is 0 Å². The predicted octanol–water partition coefficient (Wildman–Crippen LogP) is 3.70. The summed E-state index contributed by atoms with van der Waals surface area (Å²) < 4.78 is 5.22. The van der Waals surface area contributed by atoms with Crippen molar-refractivity contribution in [1.82, 2.24) is 10.2 Å². The molecule has 1 aliphatic rings. The number of hydrogen-bond donors (Lipinski definition) is 3. The van der Waals surface area contributed by atoms with E-state index in [1.807, 2.05) is 19.1 Å². The largest absolute Gasteiger partial charge is 0.444 e. The number of amides is 2. The molecule has 0 bridgehead atoms. The Morgan fingerprint density at radius 1 is 1.30 bits per heavy atom. The molecule has 0 aliphatic carbocycles. The fourth-order valence-corrected chi connectivity index (χ4v) is 3.18. The fourth-order valence-electron chi connectivity index (χ4n) is 3.18. The molecule has 1 unspecified atom stereocenters. The molecular formula is C20H30N4O3. The van der Waals surface area contributed by atoms with Gasteiger partial charge in [0.2, 0.25) is 0 Å². The van der Waals surface area contributed by atoms with Gasteiger partial charge in [0.25, 0.3) is 5.91 Å². The van der Waals surface area contributed by atoms with Crippen LogP contribution in [0.1, 0.15) is 53.5 Å². The molecule has 1 saturated heterocycles. The predicted molar refractivity (Wildman–Crippen MR) is 106 cm³/mol. The number of guanidine groups is 1. The molecule has 7 heteroatoms. The molecule has 1 aliphatic heterocycles. The maximum atomic E-state index is 12.8. The van der Waals surface area contributed by atoms with Crippen LogP contribution in [0.15, 0.2) is 24.3 Å². The lowest BCUT2D eigenvalue weighted by Gasteiger charge is -2.24. The van der Waals surface area contributed by atoms with Gasteiger partial charge in [0.1, 0.15) is 11.1 Å². The van der Waals surface area contributed by atoms with E-state index >= 15 is 0 Å². The van der Waals surface area contributed by atoms with E-state index in [9.17, 15) is 9.59 Å². The molecule has 1 aromatic carbocycles. The SMILES string of the molecule is CC(C)CC1(C)NC(=N)N(Cc2ccc(NC(=O)OC(C)(C)C)cc2)C1=O. The third-order valence-corrected chi connectivity index (χ3v) is 4.14. The molecule has 0 radical (unpaired) electrons. The minimum Gasteiger partial charge on any atom is -0.444 e. The van der Waals surface area contributed by atoms with Crippen LogP contribution in [0.4, 0.5) is 10.5 Å². The van der Waals surface area contributed by atoms with E-state index in [-0.39, 0.29) is 11.9 Å². The van der Waals surface area contributed by atoms with Gasteiger partial charge in [-0.1, -0.05) is 26.0 Å². The van der Waals surface area contributed by atoms with Gasteiger partial charge in [-0.3, -0.25) is 20.4 Å². The Kier molecular flexibility index (Phi) is 5.82. The first-order valence-corrected chi connectivity index (χ1v) is 9.17. The fraction of sp³-hybridized carbons (Fsp3) is 0.550. The number of carbonyl (C=O) groups is 2. The number of ether oxygens (including phenoxy) is 1. The van der Waals surface area contributed by atoms with Gasteiger partial charge in [0, 0.05) is 5.69 Å². The molecule has 27 heavy (non-hydrogen) atoms. The third-order valence-electron chi connectivity index (χ3n) is 4.14. The van der Waals surface area contributed by atoms with Gasteiger partial charge in [0.05, 0.1) is 6.54 Å². The van der Waals surface area contributed by atoms with Gasteiger partial charge in [0.15, 0.2) is 5.96 Å². The first-order valence-electron chi connectivity index (χ1n) is 9.17. The summed E-state index contributed by atoms with van der Waals surface area (Å²) in [5.41, 5.74) is 0.191. The van der Waals surface area contributed by atoms with Crippen LogP contribution in [0.5, 0.6) is 0 Å². The van der Waals surface area contributed by atoms with Crippen LogP contribution in [-0.4, -0.2) is 34.0 Å². The zero-order valence-corrected chi connectivity index (χ0v) is 17.0. The van der Waals surface area contributed by atoms with E-state index in [4.69, 9.17) is 10.1 Å². The summed E-state index contributed by atoms with van der Waals surface area (Å²) in [7, 11) is 0. The summed E-state index contributed by atoms with van der Waals surface area (Å²) in [6.07, 6.45) is 0.157. The van der Waals surface area contributed by atoms with Crippen molar-refractivity contribution in [1.29, 1.82) is 5.41 Å². The van der Waals surface area contributed by atoms with Crippen molar-refractivity contribution in [3.05, 3.63) is 29.8 Å². The molecule has 1 aromatic rings. The molecule has 7 nitrogen and oxygen atoms in total. The topological polar surface area (TPSA) is 94.5 Å². The first kappa shape index (κ1) is 20.7. The second kappa shape index (κ2) is 7.58. The highest BCUT2D eigenvalue weighted by Gasteiger charge is 2.45. The van der Waals surface area contributed by atoms with Crippen molar-refractivity contribution in [2.24, 2.45) is 5.92 Å². The number of hydrogen-bond acceptors (Lipinski definition) is 4. The minimum absolute atomic E-state index is 0.0860. The number of benzene rings is 1. The minimum atomic E-state index is -0.733. The Labute approximate surface area is 161 Å². The number of nitrogens with one attached hydrogen (secondary N) is 3. The number of anilines is 1. The molecule has 1 fully saturated rings. The normalized spacial score (nSPS) is 20.0. The number of carbonyl (C=O) groups excluding carboxylic acids is 2. The summed E-state index contributed by atoms with van der Waals surface area (Å²) in [5, 5.41) is 13.8. The monoisotopic (exact) mass is 374 g/mol. The summed E-state index contributed by atoms with van der Waals surface area (Å²) in [6, 6.07) is 7.16. The van der Waals surface area contributed by atoms with Crippen LogP contribution in [0, 0.1) is 11.3 Å². The molecule has 3 N–H and O–H groups in total. The lowest BCUT2D eigenvalue weighted by atomic mass is 9.91. The van der Waals surface area contributed by atoms with E-state index in [1.54, 1.807) is 32.9 Å². The summed E-state index contributed by atoms with van der Waals surface area (Å²) in [4.78, 5) is 26.0. The van der Waals surface area contributed by atoms with E-state index in [1.165, 1.54) is 4.90 Å². The number of nitrogens with zero attached hydrogens (tertiary/aromatic N) is 1. The van der Waals surface area contributed by atoms with Crippen LogP contribution in [-0.2, 0) is 16.1 Å². The van der Waals surface area contributed by atoms with Gasteiger partial charge in [-0.25, -0.2) is 4.79 Å². The van der Waals surface area contributed by atoms with Crippen molar-refractivity contribution in [2.75, 3.05) is 5.32 Å². The van der Waals surface area contributed by atoms with Gasteiger partial charge >= 0.3 is 6.09 Å². The van der Waals surface area contributed by atoms with E-state index in [2.05, 4.69) is 24.5 Å². The Balaban J connectivity index is 2.01. The molecule has 2 rings (SSSR count). The molecule has 0 spiro atoms. The van der Waals surface area contributed by atoms with Crippen LogP contribution < -0.4 is 10.6 Å². The van der Waals surface area contributed by atoms with Gasteiger partial charge < -0.3 is 10.1 Å². The molecule has 2 amide bonds. The van der Waals surface area contributed by atoms with Crippen molar-refractivity contribution >= 4 is 23.6 Å². The Hall–Kier alpha value is -2.57. The lowest BCUT2D eigenvalue weighted by molar-refractivity contribution is -0.131. The highest BCUT2D eigenvalue weighted by Crippen LogP contribution is 2.26. The standard InChI is InChI=1S/C20H30N4O3/c1-13(2)11-20(6)16(25)24(17(21)23-20)12-14-7-9-15(10-8-14)22-18(26)27-19(3,4)5/h7-10,13H,11-12H2,1-6H3,(H2,21,23)(H,22,26). The summed E-state index contributed by atoms with van der Waals surface area (Å²) >= 11 is 0. The molecule has 0 aromatic heterocycles.